The minimum absolute atomic E-state index is 0.0709. The molecule has 0 spiro atoms. The third-order valence-electron chi connectivity index (χ3n) is 2.73. The molecule has 0 aromatic heterocycles. The van der Waals surface area contributed by atoms with E-state index >= 15 is 0 Å². The molecule has 1 aliphatic heterocycles. The Bertz CT molecular complexity index is 250. The van der Waals surface area contributed by atoms with Crippen LogP contribution in [0.25, 0.3) is 0 Å². The molecule has 5 nitrogen and oxygen atoms in total. The number of nitrogens with one attached hydrogen (secondary N) is 3. The van der Waals surface area contributed by atoms with Gasteiger partial charge in [0.25, 0.3) is 0 Å². The fraction of sp³-hybridized carbons (Fsp3) is 0.818. The molecule has 2 unspecified atom stereocenters. The Hall–Kier alpha value is -1.10. The Kier molecular flexibility index (Phi) is 5.25. The molecule has 0 radical (unpaired) electrons. The molecule has 0 bridgehead atoms. The van der Waals surface area contributed by atoms with Gasteiger partial charge in [-0.25, -0.2) is 0 Å². The lowest BCUT2D eigenvalue weighted by Gasteiger charge is -2.24. The Morgan fingerprint density at radius 3 is 2.75 bits per heavy atom. The van der Waals surface area contributed by atoms with Crippen molar-refractivity contribution in [3.8, 4) is 0 Å². The fourth-order valence-corrected chi connectivity index (χ4v) is 1.78. The molecule has 1 saturated heterocycles. The van der Waals surface area contributed by atoms with Crippen molar-refractivity contribution in [3.05, 3.63) is 0 Å². The van der Waals surface area contributed by atoms with Gasteiger partial charge < -0.3 is 16.0 Å². The van der Waals surface area contributed by atoms with Crippen molar-refractivity contribution in [2.45, 2.75) is 45.2 Å². The second-order valence-corrected chi connectivity index (χ2v) is 4.13. The molecule has 1 aliphatic rings. The highest BCUT2D eigenvalue weighted by atomic mass is 16.2. The van der Waals surface area contributed by atoms with Crippen LogP contribution in [-0.4, -0.2) is 37.0 Å². The molecule has 0 aromatic carbocycles. The summed E-state index contributed by atoms with van der Waals surface area (Å²) in [5.74, 6) is -0.204. The minimum atomic E-state index is -0.462. The first-order chi connectivity index (χ1) is 7.65. The zero-order chi connectivity index (χ0) is 12.0. The first-order valence-corrected chi connectivity index (χ1v) is 5.96. The number of hydrogen-bond acceptors (Lipinski definition) is 3. The van der Waals surface area contributed by atoms with Crippen LogP contribution in [0.4, 0.5) is 0 Å². The standard InChI is InChI=1S/C11H21N3O2/c1-3-12-10(15)8(2)14-11(16)9-6-4-5-7-13-9/h8-9,13H,3-7H2,1-2H3,(H,12,15)(H,14,16). The average molecular weight is 227 g/mol. The molecule has 1 heterocycles. The average Bonchev–Trinajstić information content (AvgIpc) is 2.30. The van der Waals surface area contributed by atoms with Crippen LogP contribution in [-0.2, 0) is 9.59 Å². The van der Waals surface area contributed by atoms with Gasteiger partial charge in [-0.1, -0.05) is 6.42 Å². The van der Waals surface area contributed by atoms with E-state index < -0.39 is 6.04 Å². The molecule has 5 heteroatoms. The van der Waals surface area contributed by atoms with E-state index in [1.54, 1.807) is 6.92 Å². The summed E-state index contributed by atoms with van der Waals surface area (Å²) in [6.07, 6.45) is 3.05. The summed E-state index contributed by atoms with van der Waals surface area (Å²) < 4.78 is 0. The maximum Gasteiger partial charge on any atom is 0.242 e. The smallest absolute Gasteiger partial charge is 0.242 e. The molecule has 2 amide bonds. The SMILES string of the molecule is CCNC(=O)C(C)NC(=O)C1CCCCN1. The topological polar surface area (TPSA) is 70.2 Å². The van der Waals surface area contributed by atoms with Crippen molar-refractivity contribution in [1.29, 1.82) is 0 Å². The van der Waals surface area contributed by atoms with Crippen LogP contribution in [0.15, 0.2) is 0 Å². The first-order valence-electron chi connectivity index (χ1n) is 5.96. The Morgan fingerprint density at radius 1 is 1.44 bits per heavy atom. The quantitative estimate of drug-likeness (QED) is 0.621. The van der Waals surface area contributed by atoms with Crippen LogP contribution in [0, 0.1) is 0 Å². The van der Waals surface area contributed by atoms with E-state index in [4.69, 9.17) is 0 Å². The van der Waals surface area contributed by atoms with Gasteiger partial charge in [-0.05, 0) is 33.2 Å². The number of hydrogen-bond donors (Lipinski definition) is 3. The van der Waals surface area contributed by atoms with Gasteiger partial charge in [0.2, 0.25) is 11.8 Å². The summed E-state index contributed by atoms with van der Waals surface area (Å²) in [6, 6.07) is -0.596. The maximum absolute atomic E-state index is 11.8. The van der Waals surface area contributed by atoms with E-state index in [1.165, 1.54) is 0 Å². The van der Waals surface area contributed by atoms with Crippen molar-refractivity contribution in [3.63, 3.8) is 0 Å². The van der Waals surface area contributed by atoms with Gasteiger partial charge >= 0.3 is 0 Å². The van der Waals surface area contributed by atoms with Crippen molar-refractivity contribution >= 4 is 11.8 Å². The van der Waals surface area contributed by atoms with E-state index in [9.17, 15) is 9.59 Å². The molecule has 3 N–H and O–H groups in total. The molecular weight excluding hydrogens is 206 g/mol. The van der Waals surface area contributed by atoms with Crippen molar-refractivity contribution in [1.82, 2.24) is 16.0 Å². The third kappa shape index (κ3) is 3.81. The Morgan fingerprint density at radius 2 is 2.19 bits per heavy atom. The highest BCUT2D eigenvalue weighted by Crippen LogP contribution is 2.06. The lowest BCUT2D eigenvalue weighted by molar-refractivity contribution is -0.129. The van der Waals surface area contributed by atoms with Crippen LogP contribution in [0.3, 0.4) is 0 Å². The normalized spacial score (nSPS) is 22.2. The first kappa shape index (κ1) is 13.0. The number of carbonyl (C=O) groups excluding carboxylic acids is 2. The van der Waals surface area contributed by atoms with Gasteiger partial charge in [0.1, 0.15) is 6.04 Å². The second kappa shape index (κ2) is 6.48. The van der Waals surface area contributed by atoms with E-state index in [2.05, 4.69) is 16.0 Å². The number of rotatable bonds is 4. The molecule has 92 valence electrons. The van der Waals surface area contributed by atoms with E-state index in [-0.39, 0.29) is 17.9 Å². The Balaban J connectivity index is 2.34. The summed E-state index contributed by atoms with van der Waals surface area (Å²) in [6.45, 7) is 5.02. The molecule has 16 heavy (non-hydrogen) atoms. The van der Waals surface area contributed by atoms with Gasteiger partial charge in [0, 0.05) is 6.54 Å². The summed E-state index contributed by atoms with van der Waals surface area (Å²) in [5, 5.41) is 8.55. The van der Waals surface area contributed by atoms with Gasteiger partial charge in [-0.2, -0.15) is 0 Å². The van der Waals surface area contributed by atoms with E-state index in [0.717, 1.165) is 25.8 Å². The summed E-state index contributed by atoms with van der Waals surface area (Å²) >= 11 is 0. The van der Waals surface area contributed by atoms with Gasteiger partial charge in [-0.3, -0.25) is 9.59 Å². The van der Waals surface area contributed by atoms with Gasteiger partial charge in [-0.15, -0.1) is 0 Å². The van der Waals surface area contributed by atoms with Gasteiger partial charge in [0.15, 0.2) is 0 Å². The zero-order valence-electron chi connectivity index (χ0n) is 10.0. The van der Waals surface area contributed by atoms with Crippen LogP contribution in [0.1, 0.15) is 33.1 Å². The second-order valence-electron chi connectivity index (χ2n) is 4.13. The molecule has 2 atom stereocenters. The number of likely N-dealkylation sites (N-methyl/N-ethyl adjacent to an activating group) is 1. The number of amides is 2. The van der Waals surface area contributed by atoms with Crippen LogP contribution in [0.2, 0.25) is 0 Å². The highest BCUT2D eigenvalue weighted by molar-refractivity contribution is 5.89. The monoisotopic (exact) mass is 227 g/mol. The number of carbonyl (C=O) groups is 2. The lowest BCUT2D eigenvalue weighted by Crippen LogP contribution is -2.52. The number of piperidine rings is 1. The molecule has 1 rings (SSSR count). The van der Waals surface area contributed by atoms with E-state index in [1.807, 2.05) is 6.92 Å². The predicted molar refractivity (Wildman–Crippen MR) is 61.9 cm³/mol. The third-order valence-corrected chi connectivity index (χ3v) is 2.73. The van der Waals surface area contributed by atoms with Crippen molar-refractivity contribution in [2.24, 2.45) is 0 Å². The maximum atomic E-state index is 11.8. The van der Waals surface area contributed by atoms with Crippen LogP contribution >= 0.6 is 0 Å². The summed E-state index contributed by atoms with van der Waals surface area (Å²) in [5.41, 5.74) is 0. The predicted octanol–water partition coefficient (Wildman–Crippen LogP) is -0.231. The van der Waals surface area contributed by atoms with Crippen LogP contribution in [0.5, 0.6) is 0 Å². The molecule has 0 aromatic rings. The van der Waals surface area contributed by atoms with Gasteiger partial charge in [0.05, 0.1) is 6.04 Å². The highest BCUT2D eigenvalue weighted by Gasteiger charge is 2.23. The van der Waals surface area contributed by atoms with Crippen LogP contribution < -0.4 is 16.0 Å². The largest absolute Gasteiger partial charge is 0.355 e. The lowest BCUT2D eigenvalue weighted by atomic mass is 10.0. The fourth-order valence-electron chi connectivity index (χ4n) is 1.78. The molecule has 1 fully saturated rings. The summed E-state index contributed by atoms with van der Waals surface area (Å²) in [7, 11) is 0. The van der Waals surface area contributed by atoms with E-state index in [0.29, 0.717) is 6.54 Å². The zero-order valence-corrected chi connectivity index (χ0v) is 10.0. The molecule has 0 saturated carbocycles. The Labute approximate surface area is 96.4 Å². The molecular formula is C11H21N3O2. The van der Waals surface area contributed by atoms with Crippen molar-refractivity contribution in [2.75, 3.05) is 13.1 Å². The summed E-state index contributed by atoms with van der Waals surface area (Å²) in [4.78, 5) is 23.2. The minimum Gasteiger partial charge on any atom is -0.355 e. The van der Waals surface area contributed by atoms with Crippen molar-refractivity contribution < 1.29 is 9.59 Å². The molecule has 0 aliphatic carbocycles.